The fourth-order valence-electron chi connectivity index (χ4n) is 3.05. The SMILES string of the molecule is Cn1c(/C(C#N)=C\c2ccc(N3CCOCC3)o2)nc2ccccc21. The number of rotatable bonds is 3. The number of aromatic nitrogens is 2. The maximum atomic E-state index is 9.61. The lowest BCUT2D eigenvalue weighted by molar-refractivity contribution is 0.120. The number of aryl methyl sites for hydroxylation is 1. The lowest BCUT2D eigenvalue weighted by Crippen LogP contribution is -2.35. The Morgan fingerprint density at radius 2 is 2.00 bits per heavy atom. The first kappa shape index (κ1) is 15.5. The van der Waals surface area contributed by atoms with Crippen LogP contribution in [-0.2, 0) is 11.8 Å². The van der Waals surface area contributed by atoms with E-state index in [9.17, 15) is 5.26 Å². The lowest BCUT2D eigenvalue weighted by Gasteiger charge is -2.26. The van der Waals surface area contributed by atoms with Crippen LogP contribution in [0.2, 0.25) is 0 Å². The largest absolute Gasteiger partial charge is 0.441 e. The van der Waals surface area contributed by atoms with Crippen molar-refractivity contribution in [2.45, 2.75) is 0 Å². The number of furan rings is 1. The van der Waals surface area contributed by atoms with E-state index in [2.05, 4.69) is 16.0 Å². The first-order valence-electron chi connectivity index (χ1n) is 8.22. The topological polar surface area (TPSA) is 67.2 Å². The molecule has 0 atom stereocenters. The molecule has 2 aromatic heterocycles. The van der Waals surface area contributed by atoms with Crippen LogP contribution in [0.1, 0.15) is 11.6 Å². The smallest absolute Gasteiger partial charge is 0.196 e. The van der Waals surface area contributed by atoms with Gasteiger partial charge >= 0.3 is 0 Å². The van der Waals surface area contributed by atoms with Crippen LogP contribution < -0.4 is 4.90 Å². The zero-order valence-electron chi connectivity index (χ0n) is 14.0. The first-order chi connectivity index (χ1) is 12.3. The fraction of sp³-hybridized carbons (Fsp3) is 0.263. The van der Waals surface area contributed by atoms with Crippen molar-refractivity contribution < 1.29 is 9.15 Å². The predicted octanol–water partition coefficient (Wildman–Crippen LogP) is 3.07. The number of fused-ring (bicyclic) bond motifs is 1. The highest BCUT2D eigenvalue weighted by molar-refractivity contribution is 5.90. The number of nitrogens with zero attached hydrogens (tertiary/aromatic N) is 4. The minimum atomic E-state index is 0.474. The van der Waals surface area contributed by atoms with Crippen LogP contribution in [0.3, 0.4) is 0 Å². The van der Waals surface area contributed by atoms with Crippen molar-refractivity contribution in [3.05, 3.63) is 48.0 Å². The monoisotopic (exact) mass is 334 g/mol. The molecule has 0 spiro atoms. The number of hydrogen-bond acceptors (Lipinski definition) is 5. The van der Waals surface area contributed by atoms with Crippen LogP contribution in [0.4, 0.5) is 5.88 Å². The molecule has 0 N–H and O–H groups in total. The number of para-hydroxylation sites is 2. The summed E-state index contributed by atoms with van der Waals surface area (Å²) in [6.07, 6.45) is 1.74. The standard InChI is InChI=1S/C19H18N4O2/c1-22-17-5-3-2-4-16(17)21-19(22)14(13-20)12-15-6-7-18(25-15)23-8-10-24-11-9-23/h2-7,12H,8-11H2,1H3/b14-12-. The quantitative estimate of drug-likeness (QED) is 0.689. The van der Waals surface area contributed by atoms with E-state index in [1.54, 1.807) is 6.08 Å². The highest BCUT2D eigenvalue weighted by Crippen LogP contribution is 2.25. The van der Waals surface area contributed by atoms with E-state index < -0.39 is 0 Å². The van der Waals surface area contributed by atoms with E-state index >= 15 is 0 Å². The summed E-state index contributed by atoms with van der Waals surface area (Å²) < 4.78 is 13.2. The van der Waals surface area contributed by atoms with Crippen LogP contribution in [0.5, 0.6) is 0 Å². The summed E-state index contributed by atoms with van der Waals surface area (Å²) in [5.41, 5.74) is 2.34. The van der Waals surface area contributed by atoms with Crippen LogP contribution in [-0.4, -0.2) is 35.9 Å². The molecule has 0 unspecified atom stereocenters. The number of morpholine rings is 1. The van der Waals surface area contributed by atoms with Crippen molar-refractivity contribution in [3.63, 3.8) is 0 Å². The average molecular weight is 334 g/mol. The van der Waals surface area contributed by atoms with Crippen LogP contribution in [0, 0.1) is 11.3 Å². The lowest BCUT2D eigenvalue weighted by atomic mass is 10.2. The van der Waals surface area contributed by atoms with E-state index in [1.807, 2.05) is 48.0 Å². The van der Waals surface area contributed by atoms with Crippen molar-refractivity contribution in [1.82, 2.24) is 9.55 Å². The molecule has 25 heavy (non-hydrogen) atoms. The second kappa shape index (κ2) is 6.46. The Bertz CT molecular complexity index is 971. The molecular formula is C19H18N4O2. The molecule has 1 saturated heterocycles. The van der Waals surface area contributed by atoms with Crippen molar-refractivity contribution in [3.8, 4) is 6.07 Å². The zero-order chi connectivity index (χ0) is 17.2. The van der Waals surface area contributed by atoms with E-state index in [-0.39, 0.29) is 0 Å². The van der Waals surface area contributed by atoms with Crippen molar-refractivity contribution in [2.75, 3.05) is 31.2 Å². The third kappa shape index (κ3) is 2.90. The Morgan fingerprint density at radius 3 is 2.76 bits per heavy atom. The second-order valence-corrected chi connectivity index (χ2v) is 5.93. The summed E-state index contributed by atoms with van der Waals surface area (Å²) in [5.74, 6) is 2.08. The van der Waals surface area contributed by atoms with Crippen LogP contribution in [0.25, 0.3) is 22.7 Å². The Kier molecular flexibility index (Phi) is 4.00. The zero-order valence-corrected chi connectivity index (χ0v) is 14.0. The molecule has 3 aromatic rings. The minimum absolute atomic E-state index is 0.474. The third-order valence-electron chi connectivity index (χ3n) is 4.37. The molecule has 1 aromatic carbocycles. The number of imidazole rings is 1. The Labute approximate surface area is 145 Å². The summed E-state index contributed by atoms with van der Waals surface area (Å²) in [6.45, 7) is 3.03. The van der Waals surface area contributed by atoms with E-state index in [0.29, 0.717) is 30.4 Å². The van der Waals surface area contributed by atoms with Gasteiger partial charge in [0.15, 0.2) is 11.7 Å². The van der Waals surface area contributed by atoms with Gasteiger partial charge in [0.25, 0.3) is 0 Å². The molecule has 0 radical (unpaired) electrons. The molecule has 6 nitrogen and oxygen atoms in total. The fourth-order valence-corrected chi connectivity index (χ4v) is 3.05. The molecule has 126 valence electrons. The van der Waals surface area contributed by atoms with Crippen molar-refractivity contribution in [2.24, 2.45) is 7.05 Å². The number of ether oxygens (including phenoxy) is 1. The van der Waals surface area contributed by atoms with E-state index in [4.69, 9.17) is 9.15 Å². The van der Waals surface area contributed by atoms with Gasteiger partial charge in [-0.05, 0) is 18.2 Å². The number of allylic oxidation sites excluding steroid dienone is 1. The van der Waals surface area contributed by atoms with Gasteiger partial charge in [-0.1, -0.05) is 12.1 Å². The van der Waals surface area contributed by atoms with Gasteiger partial charge in [-0.2, -0.15) is 5.26 Å². The van der Waals surface area contributed by atoms with Crippen LogP contribution in [0.15, 0.2) is 40.8 Å². The van der Waals surface area contributed by atoms with Gasteiger partial charge in [0.05, 0.1) is 29.8 Å². The molecule has 0 aliphatic carbocycles. The third-order valence-corrected chi connectivity index (χ3v) is 4.37. The van der Waals surface area contributed by atoms with Gasteiger partial charge in [0, 0.05) is 32.3 Å². The number of nitriles is 1. The van der Waals surface area contributed by atoms with Crippen LogP contribution >= 0.6 is 0 Å². The number of hydrogen-bond donors (Lipinski definition) is 0. The summed E-state index contributed by atoms with van der Waals surface area (Å²) in [4.78, 5) is 6.72. The molecular weight excluding hydrogens is 316 g/mol. The summed E-state index contributed by atoms with van der Waals surface area (Å²) in [7, 11) is 1.91. The molecule has 0 saturated carbocycles. The molecule has 0 amide bonds. The molecule has 4 rings (SSSR count). The van der Waals surface area contributed by atoms with Crippen molar-refractivity contribution >= 4 is 28.6 Å². The molecule has 1 aliphatic rings. The molecule has 3 heterocycles. The number of anilines is 1. The Balaban J connectivity index is 1.67. The van der Waals surface area contributed by atoms with Gasteiger partial charge in [-0.15, -0.1) is 0 Å². The highest BCUT2D eigenvalue weighted by atomic mass is 16.5. The average Bonchev–Trinajstić information content (AvgIpc) is 3.26. The Morgan fingerprint density at radius 1 is 1.20 bits per heavy atom. The summed E-state index contributed by atoms with van der Waals surface area (Å²) >= 11 is 0. The van der Waals surface area contributed by atoms with Gasteiger partial charge < -0.3 is 18.6 Å². The number of benzene rings is 1. The van der Waals surface area contributed by atoms with E-state index in [1.165, 1.54) is 0 Å². The minimum Gasteiger partial charge on any atom is -0.441 e. The van der Waals surface area contributed by atoms with Gasteiger partial charge in [0.2, 0.25) is 0 Å². The molecule has 1 aliphatic heterocycles. The van der Waals surface area contributed by atoms with Gasteiger partial charge in [-0.3, -0.25) is 0 Å². The summed E-state index contributed by atoms with van der Waals surface area (Å²) in [5, 5.41) is 9.61. The second-order valence-electron chi connectivity index (χ2n) is 5.93. The predicted molar refractivity (Wildman–Crippen MR) is 95.9 cm³/mol. The normalized spacial score (nSPS) is 15.5. The van der Waals surface area contributed by atoms with Crippen molar-refractivity contribution in [1.29, 1.82) is 5.26 Å². The molecule has 0 bridgehead atoms. The maximum absolute atomic E-state index is 9.61. The Hall–Kier alpha value is -3.04. The highest BCUT2D eigenvalue weighted by Gasteiger charge is 2.16. The summed E-state index contributed by atoms with van der Waals surface area (Å²) in [6, 6.07) is 13.9. The maximum Gasteiger partial charge on any atom is 0.196 e. The first-order valence-corrected chi connectivity index (χ1v) is 8.22. The van der Waals surface area contributed by atoms with Gasteiger partial charge in [0.1, 0.15) is 11.8 Å². The molecule has 1 fully saturated rings. The van der Waals surface area contributed by atoms with E-state index in [0.717, 1.165) is 30.0 Å². The molecule has 6 heteroatoms. The van der Waals surface area contributed by atoms with Gasteiger partial charge in [-0.25, -0.2) is 4.98 Å².